The number of rotatable bonds is 6. The minimum Gasteiger partial charge on any atom is -0.313 e. The van der Waals surface area contributed by atoms with E-state index in [9.17, 15) is 0 Å². The number of hydrogen-bond donors (Lipinski definition) is 1. The molecule has 0 aliphatic carbocycles. The smallest absolute Gasteiger partial charge is 0.0314 e. The molecule has 3 heteroatoms. The molecule has 0 fully saturated rings. The number of unbranched alkanes of at least 4 members (excludes halogenated alkanes) is 1. The van der Waals surface area contributed by atoms with Crippen molar-refractivity contribution in [2.45, 2.75) is 37.6 Å². The third-order valence-electron chi connectivity index (χ3n) is 2.64. The summed E-state index contributed by atoms with van der Waals surface area (Å²) in [6, 6.07) is 7.05. The van der Waals surface area contributed by atoms with Crippen LogP contribution >= 0.6 is 27.7 Å². The zero-order valence-electron chi connectivity index (χ0n) is 10.2. The zero-order chi connectivity index (χ0) is 12.0. The van der Waals surface area contributed by atoms with Crippen LogP contribution in [0.4, 0.5) is 0 Å². The van der Waals surface area contributed by atoms with Gasteiger partial charge in [-0.2, -0.15) is 0 Å². The molecule has 0 saturated carbocycles. The van der Waals surface area contributed by atoms with E-state index in [2.05, 4.69) is 53.3 Å². The number of benzene rings is 1. The van der Waals surface area contributed by atoms with Gasteiger partial charge in [-0.1, -0.05) is 19.4 Å². The van der Waals surface area contributed by atoms with Crippen molar-refractivity contribution in [2.24, 2.45) is 0 Å². The molecule has 1 unspecified atom stereocenters. The van der Waals surface area contributed by atoms with Gasteiger partial charge in [-0.05, 0) is 59.8 Å². The van der Waals surface area contributed by atoms with Gasteiger partial charge in [0.1, 0.15) is 0 Å². The van der Waals surface area contributed by atoms with Gasteiger partial charge in [0.15, 0.2) is 0 Å². The lowest BCUT2D eigenvalue weighted by atomic mass is 10.1. The Kier molecular flexibility index (Phi) is 6.47. The average Bonchev–Trinajstić information content (AvgIpc) is 2.30. The molecule has 1 aromatic rings. The Bertz CT molecular complexity index is 328. The van der Waals surface area contributed by atoms with Crippen LogP contribution in [0.1, 0.15) is 38.3 Å². The highest BCUT2D eigenvalue weighted by Crippen LogP contribution is 2.30. The van der Waals surface area contributed by atoms with Gasteiger partial charge in [-0.25, -0.2) is 0 Å². The topological polar surface area (TPSA) is 12.0 Å². The summed E-state index contributed by atoms with van der Waals surface area (Å²) in [5.41, 5.74) is 1.33. The molecule has 0 bridgehead atoms. The van der Waals surface area contributed by atoms with E-state index in [1.807, 2.05) is 18.8 Å². The first kappa shape index (κ1) is 14.1. The first-order valence-corrected chi connectivity index (χ1v) is 7.56. The standard InChI is InChI=1S/C13H20BrNS/c1-4-5-8-16-13-7-6-11(9-12(13)14)10(2)15-3/h6-7,9-10,15H,4-5,8H2,1-3H3. The molecule has 0 heterocycles. The molecule has 90 valence electrons. The van der Waals surface area contributed by atoms with Crippen molar-refractivity contribution in [1.82, 2.24) is 5.32 Å². The van der Waals surface area contributed by atoms with Gasteiger partial charge < -0.3 is 5.32 Å². The van der Waals surface area contributed by atoms with Crippen molar-refractivity contribution >= 4 is 27.7 Å². The summed E-state index contributed by atoms with van der Waals surface area (Å²) in [6.45, 7) is 4.40. The highest BCUT2D eigenvalue weighted by Gasteiger charge is 2.06. The lowest BCUT2D eigenvalue weighted by molar-refractivity contribution is 0.651. The summed E-state index contributed by atoms with van der Waals surface area (Å²) < 4.78 is 1.22. The van der Waals surface area contributed by atoms with Crippen molar-refractivity contribution in [1.29, 1.82) is 0 Å². The van der Waals surface area contributed by atoms with Gasteiger partial charge in [0.25, 0.3) is 0 Å². The van der Waals surface area contributed by atoms with Crippen LogP contribution in [0.15, 0.2) is 27.6 Å². The Morgan fingerprint density at radius 1 is 1.44 bits per heavy atom. The highest BCUT2D eigenvalue weighted by molar-refractivity contribution is 9.10. The van der Waals surface area contributed by atoms with E-state index in [0.29, 0.717) is 6.04 Å². The first-order chi connectivity index (χ1) is 7.69. The van der Waals surface area contributed by atoms with Crippen LogP contribution in [-0.4, -0.2) is 12.8 Å². The second-order valence-corrected chi connectivity index (χ2v) is 5.89. The number of halogens is 1. The molecule has 0 radical (unpaired) electrons. The van der Waals surface area contributed by atoms with Crippen LogP contribution < -0.4 is 5.32 Å². The van der Waals surface area contributed by atoms with Crippen LogP contribution in [-0.2, 0) is 0 Å². The summed E-state index contributed by atoms with van der Waals surface area (Å²) in [4.78, 5) is 1.35. The van der Waals surface area contributed by atoms with E-state index in [4.69, 9.17) is 0 Å². The number of nitrogens with one attached hydrogen (secondary N) is 1. The average molecular weight is 302 g/mol. The lowest BCUT2D eigenvalue weighted by Crippen LogP contribution is -2.12. The summed E-state index contributed by atoms with van der Waals surface area (Å²) in [6.07, 6.45) is 2.55. The van der Waals surface area contributed by atoms with Crippen molar-refractivity contribution in [3.05, 3.63) is 28.2 Å². The molecular formula is C13H20BrNS. The van der Waals surface area contributed by atoms with Crippen LogP contribution in [0.25, 0.3) is 0 Å². The van der Waals surface area contributed by atoms with Crippen LogP contribution in [0.2, 0.25) is 0 Å². The van der Waals surface area contributed by atoms with E-state index >= 15 is 0 Å². The van der Waals surface area contributed by atoms with Crippen LogP contribution in [0.5, 0.6) is 0 Å². The van der Waals surface area contributed by atoms with E-state index in [1.54, 1.807) is 0 Å². The molecule has 0 aromatic heterocycles. The maximum atomic E-state index is 3.65. The second kappa shape index (κ2) is 7.36. The Morgan fingerprint density at radius 3 is 2.75 bits per heavy atom. The molecule has 0 amide bonds. The van der Waals surface area contributed by atoms with Gasteiger partial charge in [0, 0.05) is 15.4 Å². The molecule has 1 N–H and O–H groups in total. The van der Waals surface area contributed by atoms with Gasteiger partial charge >= 0.3 is 0 Å². The lowest BCUT2D eigenvalue weighted by Gasteiger charge is -2.12. The largest absolute Gasteiger partial charge is 0.313 e. The zero-order valence-corrected chi connectivity index (χ0v) is 12.6. The van der Waals surface area contributed by atoms with Gasteiger partial charge in [0.05, 0.1) is 0 Å². The molecule has 1 atom stereocenters. The molecule has 0 aliphatic rings. The van der Waals surface area contributed by atoms with Crippen molar-refractivity contribution in [3.63, 3.8) is 0 Å². The predicted molar refractivity (Wildman–Crippen MR) is 77.2 cm³/mol. The Balaban J connectivity index is 2.67. The normalized spacial score (nSPS) is 12.8. The van der Waals surface area contributed by atoms with Gasteiger partial charge in [-0.15, -0.1) is 11.8 Å². The first-order valence-electron chi connectivity index (χ1n) is 5.78. The fourth-order valence-electron chi connectivity index (χ4n) is 1.40. The molecule has 16 heavy (non-hydrogen) atoms. The van der Waals surface area contributed by atoms with Gasteiger partial charge in [0.2, 0.25) is 0 Å². The van der Waals surface area contributed by atoms with Crippen LogP contribution in [0.3, 0.4) is 0 Å². The van der Waals surface area contributed by atoms with E-state index < -0.39 is 0 Å². The monoisotopic (exact) mass is 301 g/mol. The highest BCUT2D eigenvalue weighted by atomic mass is 79.9. The third kappa shape index (κ3) is 4.11. The maximum Gasteiger partial charge on any atom is 0.0314 e. The molecule has 0 aliphatic heterocycles. The quantitative estimate of drug-likeness (QED) is 0.608. The van der Waals surface area contributed by atoms with Gasteiger partial charge in [-0.3, -0.25) is 0 Å². The summed E-state index contributed by atoms with van der Waals surface area (Å²) in [5, 5.41) is 3.25. The summed E-state index contributed by atoms with van der Waals surface area (Å²) in [7, 11) is 1.99. The fraction of sp³-hybridized carbons (Fsp3) is 0.538. The SMILES string of the molecule is CCCCSc1ccc(C(C)NC)cc1Br. The predicted octanol–water partition coefficient (Wildman–Crippen LogP) is 4.62. The molecule has 0 saturated heterocycles. The van der Waals surface area contributed by atoms with E-state index in [0.717, 1.165) is 0 Å². The van der Waals surface area contributed by atoms with Crippen LogP contribution in [0, 0.1) is 0 Å². The summed E-state index contributed by atoms with van der Waals surface area (Å²) in [5.74, 6) is 1.20. The minimum absolute atomic E-state index is 0.408. The second-order valence-electron chi connectivity index (χ2n) is 3.90. The van der Waals surface area contributed by atoms with Crippen molar-refractivity contribution in [2.75, 3.05) is 12.8 Å². The molecular weight excluding hydrogens is 282 g/mol. The third-order valence-corrected chi connectivity index (χ3v) is 4.72. The fourth-order valence-corrected chi connectivity index (χ4v) is 3.15. The van der Waals surface area contributed by atoms with Crippen molar-refractivity contribution < 1.29 is 0 Å². The van der Waals surface area contributed by atoms with Crippen molar-refractivity contribution in [3.8, 4) is 0 Å². The maximum absolute atomic E-state index is 3.65. The minimum atomic E-state index is 0.408. The molecule has 1 nitrogen and oxygen atoms in total. The van der Waals surface area contributed by atoms with E-state index in [-0.39, 0.29) is 0 Å². The van der Waals surface area contributed by atoms with E-state index in [1.165, 1.54) is 33.5 Å². The number of thioether (sulfide) groups is 1. The Labute approximate surface area is 112 Å². The Morgan fingerprint density at radius 2 is 2.19 bits per heavy atom. The number of hydrogen-bond acceptors (Lipinski definition) is 2. The molecule has 0 spiro atoms. The summed E-state index contributed by atoms with van der Waals surface area (Å²) >= 11 is 5.58. The molecule has 1 aromatic carbocycles. The molecule has 1 rings (SSSR count). The Hall–Kier alpha value is 0.01000.